The Kier molecular flexibility index (Phi) is 4.12. The summed E-state index contributed by atoms with van der Waals surface area (Å²) < 4.78 is 0. The van der Waals surface area contributed by atoms with Crippen molar-refractivity contribution in [2.45, 2.75) is 19.4 Å². The van der Waals surface area contributed by atoms with Crippen molar-refractivity contribution in [3.05, 3.63) is 70.7 Å². The summed E-state index contributed by atoms with van der Waals surface area (Å²) >= 11 is 6.00. The minimum Gasteiger partial charge on any atom is -0.285 e. The Balaban J connectivity index is 2.34. The second-order valence-electron chi connectivity index (χ2n) is 5.02. The number of amides is 1. The molecule has 0 aliphatic heterocycles. The van der Waals surface area contributed by atoms with E-state index in [2.05, 4.69) is 0 Å². The zero-order valence-electron chi connectivity index (χ0n) is 11.4. The van der Waals surface area contributed by atoms with Crippen LogP contribution in [-0.2, 0) is 5.54 Å². The number of rotatable bonds is 3. The molecule has 2 aromatic rings. The Morgan fingerprint density at radius 2 is 1.60 bits per heavy atom. The number of benzene rings is 2. The molecule has 0 aliphatic carbocycles. The number of hydrogen-bond donors (Lipinski definition) is 1. The Bertz CT molecular complexity index is 611. The van der Waals surface area contributed by atoms with Crippen LogP contribution in [0.2, 0.25) is 5.02 Å². The Morgan fingerprint density at radius 3 is 2.20 bits per heavy atom. The van der Waals surface area contributed by atoms with Gasteiger partial charge in [0.05, 0.1) is 16.1 Å². The molecule has 0 bridgehead atoms. The first-order valence-electron chi connectivity index (χ1n) is 6.28. The molecule has 104 valence electrons. The first-order valence-corrected chi connectivity index (χ1v) is 6.66. The van der Waals surface area contributed by atoms with Crippen LogP contribution in [0.25, 0.3) is 0 Å². The second-order valence-corrected chi connectivity index (χ2v) is 5.43. The fourth-order valence-electron chi connectivity index (χ4n) is 1.97. The average molecular weight is 290 g/mol. The van der Waals surface area contributed by atoms with Crippen molar-refractivity contribution in [2.24, 2.45) is 0 Å². The Morgan fingerprint density at radius 1 is 1.05 bits per heavy atom. The van der Waals surface area contributed by atoms with Crippen LogP contribution >= 0.6 is 11.6 Å². The molecule has 1 N–H and O–H groups in total. The summed E-state index contributed by atoms with van der Waals surface area (Å²) in [6.07, 6.45) is 0. The first kappa shape index (κ1) is 14.6. The normalized spacial score (nSPS) is 11.2. The van der Waals surface area contributed by atoms with E-state index in [1.54, 1.807) is 38.1 Å². The van der Waals surface area contributed by atoms with Gasteiger partial charge in [0, 0.05) is 0 Å². The molecule has 0 saturated carbocycles. The molecule has 0 unspecified atom stereocenters. The van der Waals surface area contributed by atoms with E-state index in [9.17, 15) is 10.0 Å². The van der Waals surface area contributed by atoms with Crippen molar-refractivity contribution in [3.8, 4) is 0 Å². The zero-order chi connectivity index (χ0) is 14.8. The predicted molar refractivity (Wildman–Crippen MR) is 78.9 cm³/mol. The van der Waals surface area contributed by atoms with Gasteiger partial charge in [-0.25, -0.2) is 5.06 Å². The maximum Gasteiger partial charge on any atom is 0.279 e. The van der Waals surface area contributed by atoms with E-state index in [1.807, 2.05) is 30.3 Å². The lowest BCUT2D eigenvalue weighted by atomic mass is 9.93. The molecule has 4 heteroatoms. The van der Waals surface area contributed by atoms with Gasteiger partial charge in [0.25, 0.3) is 5.91 Å². The standard InChI is InChI=1S/C16H16ClNO2/c1-16(2,12-8-4-3-5-9-12)18(20)15(19)13-10-6-7-11-14(13)17/h3-11,20H,1-2H3. The van der Waals surface area contributed by atoms with Crippen molar-refractivity contribution in [2.75, 3.05) is 0 Å². The molecule has 0 atom stereocenters. The summed E-state index contributed by atoms with van der Waals surface area (Å²) in [4.78, 5) is 12.4. The molecule has 0 saturated heterocycles. The van der Waals surface area contributed by atoms with Crippen LogP contribution < -0.4 is 0 Å². The van der Waals surface area contributed by atoms with Crippen LogP contribution in [0.5, 0.6) is 0 Å². The van der Waals surface area contributed by atoms with Crippen LogP contribution in [0.3, 0.4) is 0 Å². The van der Waals surface area contributed by atoms with Crippen molar-refractivity contribution in [1.29, 1.82) is 0 Å². The quantitative estimate of drug-likeness (QED) is 0.682. The van der Waals surface area contributed by atoms with Gasteiger partial charge in [-0.1, -0.05) is 54.1 Å². The molecule has 1 amide bonds. The third kappa shape index (κ3) is 2.69. The highest BCUT2D eigenvalue weighted by Gasteiger charge is 2.33. The number of halogens is 1. The van der Waals surface area contributed by atoms with Gasteiger partial charge in [-0.15, -0.1) is 0 Å². The topological polar surface area (TPSA) is 40.5 Å². The van der Waals surface area contributed by atoms with E-state index >= 15 is 0 Å². The zero-order valence-corrected chi connectivity index (χ0v) is 12.1. The van der Waals surface area contributed by atoms with Gasteiger partial charge in [-0.2, -0.15) is 0 Å². The molecule has 20 heavy (non-hydrogen) atoms. The maximum atomic E-state index is 12.4. The summed E-state index contributed by atoms with van der Waals surface area (Å²) in [5.74, 6) is -0.524. The van der Waals surface area contributed by atoms with E-state index in [1.165, 1.54) is 0 Å². The van der Waals surface area contributed by atoms with E-state index in [0.29, 0.717) is 5.02 Å². The highest BCUT2D eigenvalue weighted by Crippen LogP contribution is 2.28. The van der Waals surface area contributed by atoms with Crippen molar-refractivity contribution < 1.29 is 10.0 Å². The largest absolute Gasteiger partial charge is 0.285 e. The van der Waals surface area contributed by atoms with E-state index in [0.717, 1.165) is 10.6 Å². The number of carbonyl (C=O) groups is 1. The van der Waals surface area contributed by atoms with Crippen LogP contribution in [0, 0.1) is 0 Å². The molecule has 2 aromatic carbocycles. The number of hydroxylamine groups is 2. The number of carbonyl (C=O) groups excluding carboxylic acids is 1. The molecule has 0 aliphatic rings. The average Bonchev–Trinajstić information content (AvgIpc) is 2.47. The summed E-state index contributed by atoms with van der Waals surface area (Å²) in [5, 5.41) is 11.3. The smallest absolute Gasteiger partial charge is 0.279 e. The van der Waals surface area contributed by atoms with Gasteiger partial charge >= 0.3 is 0 Å². The molecule has 3 nitrogen and oxygen atoms in total. The van der Waals surface area contributed by atoms with Gasteiger partial charge in [0.1, 0.15) is 0 Å². The maximum absolute atomic E-state index is 12.4. The molecule has 0 radical (unpaired) electrons. The van der Waals surface area contributed by atoms with Crippen molar-refractivity contribution >= 4 is 17.5 Å². The van der Waals surface area contributed by atoms with Gasteiger partial charge in [0.15, 0.2) is 0 Å². The summed E-state index contributed by atoms with van der Waals surface area (Å²) in [5.41, 5.74) is 0.265. The van der Waals surface area contributed by atoms with Crippen molar-refractivity contribution in [3.63, 3.8) is 0 Å². The molecular weight excluding hydrogens is 274 g/mol. The Hall–Kier alpha value is -1.84. The molecule has 0 spiro atoms. The van der Waals surface area contributed by atoms with Crippen molar-refractivity contribution in [1.82, 2.24) is 5.06 Å². The summed E-state index contributed by atoms with van der Waals surface area (Å²) in [6, 6.07) is 16.0. The summed E-state index contributed by atoms with van der Waals surface area (Å²) in [6.45, 7) is 3.55. The molecule has 0 heterocycles. The highest BCUT2D eigenvalue weighted by molar-refractivity contribution is 6.33. The lowest BCUT2D eigenvalue weighted by Crippen LogP contribution is -2.43. The second kappa shape index (κ2) is 5.65. The van der Waals surface area contributed by atoms with Gasteiger partial charge in [0.2, 0.25) is 0 Å². The minimum absolute atomic E-state index is 0.278. The predicted octanol–water partition coefficient (Wildman–Crippen LogP) is 4.11. The van der Waals surface area contributed by atoms with E-state index in [-0.39, 0.29) is 5.56 Å². The Labute approximate surface area is 123 Å². The van der Waals surface area contributed by atoms with Crippen LogP contribution in [-0.4, -0.2) is 16.2 Å². The summed E-state index contributed by atoms with van der Waals surface area (Å²) in [7, 11) is 0. The molecule has 2 rings (SSSR count). The first-order chi connectivity index (χ1) is 9.44. The fourth-order valence-corrected chi connectivity index (χ4v) is 2.19. The van der Waals surface area contributed by atoms with E-state index < -0.39 is 11.4 Å². The van der Waals surface area contributed by atoms with Crippen LogP contribution in [0.4, 0.5) is 0 Å². The number of nitrogens with zero attached hydrogens (tertiary/aromatic N) is 1. The van der Waals surface area contributed by atoms with Crippen LogP contribution in [0.1, 0.15) is 29.8 Å². The monoisotopic (exact) mass is 289 g/mol. The highest BCUT2D eigenvalue weighted by atomic mass is 35.5. The lowest BCUT2D eigenvalue weighted by molar-refractivity contribution is -0.124. The van der Waals surface area contributed by atoms with Crippen LogP contribution in [0.15, 0.2) is 54.6 Å². The molecule has 0 fully saturated rings. The van der Waals surface area contributed by atoms with E-state index in [4.69, 9.17) is 11.6 Å². The number of hydrogen-bond acceptors (Lipinski definition) is 2. The fraction of sp³-hybridized carbons (Fsp3) is 0.188. The SMILES string of the molecule is CC(C)(c1ccccc1)N(O)C(=O)c1ccccc1Cl. The lowest BCUT2D eigenvalue weighted by Gasteiger charge is -2.33. The third-order valence-electron chi connectivity index (χ3n) is 3.31. The van der Waals surface area contributed by atoms with Gasteiger partial charge in [-0.05, 0) is 31.5 Å². The third-order valence-corrected chi connectivity index (χ3v) is 3.64. The van der Waals surface area contributed by atoms with Gasteiger partial charge in [-0.3, -0.25) is 10.0 Å². The molecule has 0 aromatic heterocycles. The molecular formula is C16H16ClNO2. The minimum atomic E-state index is -0.850. The van der Waals surface area contributed by atoms with Gasteiger partial charge < -0.3 is 0 Å².